The van der Waals surface area contributed by atoms with Gasteiger partial charge < -0.3 is 20.3 Å². The molecule has 1 heterocycles. The number of benzene rings is 2. The number of carbonyl (C=O) groups excluding carboxylic acids is 1. The zero-order chi connectivity index (χ0) is 19.4. The van der Waals surface area contributed by atoms with Crippen LogP contribution in [0.25, 0.3) is 0 Å². The van der Waals surface area contributed by atoms with E-state index in [9.17, 15) is 4.79 Å². The third-order valence-corrected chi connectivity index (χ3v) is 5.42. The van der Waals surface area contributed by atoms with Crippen LogP contribution < -0.4 is 15.4 Å². The van der Waals surface area contributed by atoms with Gasteiger partial charge in [0.1, 0.15) is 5.75 Å². The van der Waals surface area contributed by atoms with Gasteiger partial charge in [-0.2, -0.15) is 0 Å². The molecule has 2 N–H and O–H groups in total. The number of amides is 1. The molecule has 2 atom stereocenters. The van der Waals surface area contributed by atoms with Crippen LogP contribution in [-0.4, -0.2) is 50.1 Å². The first-order chi connectivity index (χ1) is 13.1. The van der Waals surface area contributed by atoms with E-state index in [1.165, 1.54) is 0 Å². The highest BCUT2D eigenvalue weighted by molar-refractivity contribution is 5.95. The minimum absolute atomic E-state index is 0.0435. The molecule has 5 heteroatoms. The number of nitrogens with two attached hydrogens (primary N) is 1. The van der Waals surface area contributed by atoms with E-state index in [1.807, 2.05) is 47.4 Å². The minimum atomic E-state index is -0.0731. The Labute approximate surface area is 161 Å². The van der Waals surface area contributed by atoms with Crippen LogP contribution in [0.15, 0.2) is 48.5 Å². The topological polar surface area (TPSA) is 58.8 Å². The van der Waals surface area contributed by atoms with Crippen LogP contribution in [0.1, 0.15) is 35.7 Å². The lowest BCUT2D eigenvalue weighted by atomic mass is 9.95. The second kappa shape index (κ2) is 8.44. The molecule has 1 aliphatic rings. The predicted octanol–water partition coefficient (Wildman–Crippen LogP) is 3.11. The van der Waals surface area contributed by atoms with Gasteiger partial charge in [-0.25, -0.2) is 0 Å². The van der Waals surface area contributed by atoms with Crippen LogP contribution in [0, 0.1) is 0 Å². The van der Waals surface area contributed by atoms with Gasteiger partial charge in [0.15, 0.2) is 0 Å². The highest BCUT2D eigenvalue weighted by atomic mass is 16.5. The minimum Gasteiger partial charge on any atom is -0.497 e. The van der Waals surface area contributed by atoms with Crippen LogP contribution in [0.4, 0.5) is 5.69 Å². The summed E-state index contributed by atoms with van der Waals surface area (Å²) in [6.07, 6.45) is 0. The van der Waals surface area contributed by atoms with E-state index >= 15 is 0 Å². The number of anilines is 1. The Morgan fingerprint density at radius 2 is 1.85 bits per heavy atom. The highest BCUT2D eigenvalue weighted by Gasteiger charge is 2.34. The Morgan fingerprint density at radius 1 is 1.15 bits per heavy atom. The summed E-state index contributed by atoms with van der Waals surface area (Å²) in [5.41, 5.74) is 9.34. The lowest BCUT2D eigenvalue weighted by Crippen LogP contribution is -2.32. The van der Waals surface area contributed by atoms with Crippen molar-refractivity contribution in [3.05, 3.63) is 59.7 Å². The van der Waals surface area contributed by atoms with Crippen molar-refractivity contribution in [3.8, 4) is 5.75 Å². The number of hydrogen-bond acceptors (Lipinski definition) is 4. The number of carbonyl (C=O) groups is 1. The summed E-state index contributed by atoms with van der Waals surface area (Å²) in [5, 5.41) is 0. The van der Waals surface area contributed by atoms with Gasteiger partial charge >= 0.3 is 0 Å². The van der Waals surface area contributed by atoms with Gasteiger partial charge in [0, 0.05) is 49.4 Å². The third kappa shape index (κ3) is 4.08. The van der Waals surface area contributed by atoms with E-state index in [2.05, 4.69) is 24.8 Å². The van der Waals surface area contributed by atoms with E-state index in [0.29, 0.717) is 18.7 Å². The molecule has 1 fully saturated rings. The third-order valence-electron chi connectivity index (χ3n) is 5.42. The molecule has 3 rings (SSSR count). The molecule has 0 aromatic heterocycles. The molecular weight excluding hydrogens is 338 g/mol. The average molecular weight is 367 g/mol. The molecule has 1 aliphatic heterocycles. The van der Waals surface area contributed by atoms with Gasteiger partial charge in [-0.15, -0.1) is 0 Å². The zero-order valence-electron chi connectivity index (χ0n) is 16.4. The average Bonchev–Trinajstić information content (AvgIpc) is 3.10. The van der Waals surface area contributed by atoms with Gasteiger partial charge in [0.05, 0.1) is 7.11 Å². The summed E-state index contributed by atoms with van der Waals surface area (Å²) in [7, 11) is 1.66. The Bertz CT molecular complexity index is 771. The first-order valence-corrected chi connectivity index (χ1v) is 9.61. The lowest BCUT2D eigenvalue weighted by Gasteiger charge is -2.22. The second-order valence-corrected chi connectivity index (χ2v) is 6.98. The lowest BCUT2D eigenvalue weighted by molar-refractivity contribution is 0.0789. The van der Waals surface area contributed by atoms with E-state index < -0.39 is 0 Å². The van der Waals surface area contributed by atoms with Crippen LogP contribution >= 0.6 is 0 Å². The fourth-order valence-electron chi connectivity index (χ4n) is 3.81. The van der Waals surface area contributed by atoms with Crippen LogP contribution in [-0.2, 0) is 0 Å². The molecule has 0 bridgehead atoms. The second-order valence-electron chi connectivity index (χ2n) is 6.98. The van der Waals surface area contributed by atoms with Crippen molar-refractivity contribution < 1.29 is 9.53 Å². The van der Waals surface area contributed by atoms with Crippen LogP contribution in [0.5, 0.6) is 5.75 Å². The van der Waals surface area contributed by atoms with Crippen molar-refractivity contribution in [2.75, 3.05) is 38.2 Å². The molecule has 0 radical (unpaired) electrons. The van der Waals surface area contributed by atoms with Gasteiger partial charge in [-0.1, -0.05) is 12.1 Å². The summed E-state index contributed by atoms with van der Waals surface area (Å²) >= 11 is 0. The summed E-state index contributed by atoms with van der Waals surface area (Å²) < 4.78 is 5.32. The van der Waals surface area contributed by atoms with Gasteiger partial charge in [-0.3, -0.25) is 4.79 Å². The molecule has 2 aromatic rings. The van der Waals surface area contributed by atoms with E-state index in [0.717, 1.165) is 30.1 Å². The van der Waals surface area contributed by atoms with Gasteiger partial charge in [0.25, 0.3) is 5.91 Å². The SMILES string of the molecule is CCN(CC)c1ccc(C(=O)N2C[C@H](c3cccc(OC)c3)[C@@H](N)C2)cc1. The standard InChI is InChI=1S/C22H29N3O2/c1-4-24(5-2)18-11-9-16(10-12-18)22(26)25-14-20(21(23)15-25)17-7-6-8-19(13-17)27-3/h6-13,20-21H,4-5,14-15,23H2,1-3H3/t20-,21+/m1/s1. The predicted molar refractivity (Wildman–Crippen MR) is 110 cm³/mol. The van der Waals surface area contributed by atoms with Crippen molar-refractivity contribution in [1.82, 2.24) is 4.90 Å². The Kier molecular flexibility index (Phi) is 6.01. The number of hydrogen-bond donors (Lipinski definition) is 1. The molecule has 27 heavy (non-hydrogen) atoms. The molecular formula is C22H29N3O2. The summed E-state index contributed by atoms with van der Waals surface area (Å²) in [6, 6.07) is 15.8. The maximum atomic E-state index is 12.9. The Balaban J connectivity index is 1.72. The molecule has 0 unspecified atom stereocenters. The molecule has 0 spiro atoms. The molecule has 0 saturated carbocycles. The normalized spacial score (nSPS) is 19.2. The Hall–Kier alpha value is -2.53. The fraction of sp³-hybridized carbons (Fsp3) is 0.409. The van der Waals surface area contributed by atoms with Crippen molar-refractivity contribution in [2.24, 2.45) is 5.73 Å². The smallest absolute Gasteiger partial charge is 0.253 e. The number of likely N-dealkylation sites (tertiary alicyclic amines) is 1. The van der Waals surface area contributed by atoms with E-state index in [4.69, 9.17) is 10.5 Å². The monoisotopic (exact) mass is 367 g/mol. The number of rotatable bonds is 6. The van der Waals surface area contributed by atoms with Gasteiger partial charge in [-0.05, 0) is 55.8 Å². The maximum absolute atomic E-state index is 12.9. The zero-order valence-corrected chi connectivity index (χ0v) is 16.4. The molecule has 144 valence electrons. The highest BCUT2D eigenvalue weighted by Crippen LogP contribution is 2.30. The molecule has 5 nitrogen and oxygen atoms in total. The van der Waals surface area contributed by atoms with Crippen molar-refractivity contribution in [1.29, 1.82) is 0 Å². The quantitative estimate of drug-likeness (QED) is 0.852. The molecule has 2 aromatic carbocycles. The molecule has 1 saturated heterocycles. The molecule has 0 aliphatic carbocycles. The largest absolute Gasteiger partial charge is 0.497 e. The van der Waals surface area contributed by atoms with Crippen molar-refractivity contribution in [2.45, 2.75) is 25.8 Å². The van der Waals surface area contributed by atoms with E-state index in [-0.39, 0.29) is 17.9 Å². The summed E-state index contributed by atoms with van der Waals surface area (Å²) in [4.78, 5) is 17.1. The summed E-state index contributed by atoms with van der Waals surface area (Å²) in [6.45, 7) is 7.36. The first kappa shape index (κ1) is 19.2. The number of ether oxygens (including phenoxy) is 1. The number of methoxy groups -OCH3 is 1. The maximum Gasteiger partial charge on any atom is 0.253 e. The number of nitrogens with zero attached hydrogens (tertiary/aromatic N) is 2. The molecule has 1 amide bonds. The van der Waals surface area contributed by atoms with Crippen LogP contribution in [0.3, 0.4) is 0 Å². The fourth-order valence-corrected chi connectivity index (χ4v) is 3.81. The van der Waals surface area contributed by atoms with E-state index in [1.54, 1.807) is 7.11 Å². The summed E-state index contributed by atoms with van der Waals surface area (Å²) in [5.74, 6) is 0.984. The van der Waals surface area contributed by atoms with Crippen LogP contribution in [0.2, 0.25) is 0 Å². The Morgan fingerprint density at radius 3 is 2.48 bits per heavy atom. The van der Waals surface area contributed by atoms with Crippen molar-refractivity contribution in [3.63, 3.8) is 0 Å². The first-order valence-electron chi connectivity index (χ1n) is 9.61. The van der Waals surface area contributed by atoms with Gasteiger partial charge in [0.2, 0.25) is 0 Å². The van der Waals surface area contributed by atoms with Crippen molar-refractivity contribution >= 4 is 11.6 Å².